The number of anilines is 2. The van der Waals surface area contributed by atoms with Crippen molar-refractivity contribution in [3.63, 3.8) is 0 Å². The van der Waals surface area contributed by atoms with E-state index >= 15 is 0 Å². The minimum Gasteiger partial charge on any atom is -0.348 e. The van der Waals surface area contributed by atoms with Crippen molar-refractivity contribution < 1.29 is 9.18 Å². The first-order chi connectivity index (χ1) is 13.1. The van der Waals surface area contributed by atoms with Gasteiger partial charge in [-0.15, -0.1) is 0 Å². The number of halogens is 1. The first-order valence-electron chi connectivity index (χ1n) is 8.76. The maximum absolute atomic E-state index is 13.2. The van der Waals surface area contributed by atoms with Crippen molar-refractivity contribution in [1.29, 1.82) is 0 Å². The molecule has 0 saturated carbocycles. The van der Waals surface area contributed by atoms with Crippen LogP contribution in [0.25, 0.3) is 10.3 Å². The Labute approximate surface area is 158 Å². The first-order valence-corrected chi connectivity index (χ1v) is 9.58. The number of hydrogen-bond donors (Lipinski definition) is 1. The van der Waals surface area contributed by atoms with Crippen LogP contribution in [0.5, 0.6) is 0 Å². The number of carbonyl (C=O) groups excluding carboxylic acids is 1. The number of rotatable bonds is 4. The van der Waals surface area contributed by atoms with Gasteiger partial charge in [0.05, 0.1) is 0 Å². The predicted molar refractivity (Wildman–Crippen MR) is 103 cm³/mol. The van der Waals surface area contributed by atoms with Gasteiger partial charge < -0.3 is 10.2 Å². The number of thiazole rings is 1. The Balaban J connectivity index is 1.54. The largest absolute Gasteiger partial charge is 0.348 e. The van der Waals surface area contributed by atoms with E-state index in [2.05, 4.69) is 20.2 Å². The van der Waals surface area contributed by atoms with Crippen LogP contribution in [0.2, 0.25) is 0 Å². The molecule has 1 fully saturated rings. The molecule has 4 rings (SSSR count). The van der Waals surface area contributed by atoms with Gasteiger partial charge in [-0.1, -0.05) is 17.4 Å². The predicted octanol–water partition coefficient (Wildman–Crippen LogP) is 2.62. The van der Waals surface area contributed by atoms with Gasteiger partial charge in [0.1, 0.15) is 23.4 Å². The third-order valence-electron chi connectivity index (χ3n) is 4.42. The molecule has 3 aromatic rings. The first kappa shape index (κ1) is 17.6. The maximum atomic E-state index is 13.2. The molecule has 1 aliphatic rings. The smallest absolute Gasteiger partial charge is 0.273 e. The molecule has 1 aliphatic heterocycles. The molecule has 2 aromatic heterocycles. The number of hydrogen-bond acceptors (Lipinski definition) is 6. The molecule has 3 heterocycles. The summed E-state index contributed by atoms with van der Waals surface area (Å²) in [5.41, 5.74) is 0.453. The van der Waals surface area contributed by atoms with E-state index in [0.717, 1.165) is 31.1 Å². The number of carbonyl (C=O) groups is 1. The number of nitrogens with zero attached hydrogens (tertiary/aromatic N) is 4. The fraction of sp³-hybridized carbons (Fsp3) is 0.333. The van der Waals surface area contributed by atoms with Crippen molar-refractivity contribution in [3.8, 4) is 0 Å². The lowest BCUT2D eigenvalue weighted by atomic mass is 10.1. The normalized spacial score (nSPS) is 14.5. The summed E-state index contributed by atoms with van der Waals surface area (Å²) < 4.78 is 14.9. The van der Waals surface area contributed by atoms with E-state index in [-0.39, 0.29) is 12.1 Å². The Bertz CT molecular complexity index is 1040. The quantitative estimate of drug-likeness (QED) is 0.744. The SMILES string of the molecule is O=C(Cn1cnc2nc(N3CCCCC3)sc2c1=O)Nc1cccc(F)c1. The van der Waals surface area contributed by atoms with E-state index in [4.69, 9.17) is 0 Å². The van der Waals surface area contributed by atoms with Crippen molar-refractivity contribution in [2.75, 3.05) is 23.3 Å². The molecule has 1 amide bonds. The highest BCUT2D eigenvalue weighted by atomic mass is 32.1. The molecule has 1 N–H and O–H groups in total. The molecular weight excluding hydrogens is 369 g/mol. The fourth-order valence-electron chi connectivity index (χ4n) is 3.09. The molecule has 7 nitrogen and oxygen atoms in total. The monoisotopic (exact) mass is 387 g/mol. The van der Waals surface area contributed by atoms with Crippen LogP contribution >= 0.6 is 11.3 Å². The van der Waals surface area contributed by atoms with E-state index in [0.29, 0.717) is 16.0 Å². The molecule has 0 atom stereocenters. The molecule has 0 bridgehead atoms. The highest BCUT2D eigenvalue weighted by molar-refractivity contribution is 7.22. The van der Waals surface area contributed by atoms with Gasteiger partial charge in [-0.2, -0.15) is 4.98 Å². The highest BCUT2D eigenvalue weighted by Gasteiger charge is 2.18. The Morgan fingerprint density at radius 2 is 2.07 bits per heavy atom. The summed E-state index contributed by atoms with van der Waals surface area (Å²) in [7, 11) is 0. The Morgan fingerprint density at radius 3 is 2.85 bits per heavy atom. The second-order valence-corrected chi connectivity index (χ2v) is 7.41. The van der Waals surface area contributed by atoms with Gasteiger partial charge in [-0.3, -0.25) is 14.2 Å². The number of aromatic nitrogens is 3. The van der Waals surface area contributed by atoms with Gasteiger partial charge in [0, 0.05) is 18.8 Å². The summed E-state index contributed by atoms with van der Waals surface area (Å²) in [6, 6.07) is 5.60. The van der Waals surface area contributed by atoms with Crippen LogP contribution in [-0.2, 0) is 11.3 Å². The summed E-state index contributed by atoms with van der Waals surface area (Å²) in [6.07, 6.45) is 4.78. The number of benzene rings is 1. The molecular formula is C18H18FN5O2S. The van der Waals surface area contributed by atoms with Crippen molar-refractivity contribution in [1.82, 2.24) is 14.5 Å². The van der Waals surface area contributed by atoms with Crippen molar-refractivity contribution in [3.05, 3.63) is 46.8 Å². The van der Waals surface area contributed by atoms with E-state index < -0.39 is 11.7 Å². The second-order valence-electron chi connectivity index (χ2n) is 6.43. The zero-order valence-electron chi connectivity index (χ0n) is 14.5. The molecule has 0 spiro atoms. The number of piperidine rings is 1. The van der Waals surface area contributed by atoms with Crippen LogP contribution in [0.15, 0.2) is 35.4 Å². The number of fused-ring (bicyclic) bond motifs is 1. The highest BCUT2D eigenvalue weighted by Crippen LogP contribution is 2.27. The van der Waals surface area contributed by atoms with Gasteiger partial charge in [-0.25, -0.2) is 9.37 Å². The Kier molecular flexibility index (Phi) is 4.85. The van der Waals surface area contributed by atoms with Gasteiger partial charge >= 0.3 is 0 Å². The minimum atomic E-state index is -0.442. The average molecular weight is 387 g/mol. The Hall–Kier alpha value is -2.81. The average Bonchev–Trinajstić information content (AvgIpc) is 3.10. The van der Waals surface area contributed by atoms with Crippen molar-refractivity contribution in [2.45, 2.75) is 25.8 Å². The molecule has 9 heteroatoms. The zero-order valence-corrected chi connectivity index (χ0v) is 15.3. The summed E-state index contributed by atoms with van der Waals surface area (Å²) in [5, 5.41) is 3.38. The lowest BCUT2D eigenvalue weighted by Gasteiger charge is -2.25. The molecule has 0 unspecified atom stereocenters. The van der Waals surface area contributed by atoms with Gasteiger partial charge in [-0.05, 0) is 37.5 Å². The summed E-state index contributed by atoms with van der Waals surface area (Å²) in [4.78, 5) is 35.8. The molecule has 140 valence electrons. The second kappa shape index (κ2) is 7.43. The van der Waals surface area contributed by atoms with Crippen molar-refractivity contribution >= 4 is 38.4 Å². The topological polar surface area (TPSA) is 80.1 Å². The van der Waals surface area contributed by atoms with Crippen LogP contribution < -0.4 is 15.8 Å². The van der Waals surface area contributed by atoms with Crippen LogP contribution in [-0.4, -0.2) is 33.5 Å². The molecule has 1 saturated heterocycles. The van der Waals surface area contributed by atoms with Crippen LogP contribution in [0.4, 0.5) is 15.2 Å². The number of amides is 1. The van der Waals surface area contributed by atoms with Gasteiger partial charge in [0.25, 0.3) is 5.56 Å². The Morgan fingerprint density at radius 1 is 1.26 bits per heavy atom. The number of nitrogens with one attached hydrogen (secondary N) is 1. The van der Waals surface area contributed by atoms with Gasteiger partial charge in [0.2, 0.25) is 5.91 Å². The molecule has 1 aromatic carbocycles. The summed E-state index contributed by atoms with van der Waals surface area (Å²) in [6.45, 7) is 1.67. The molecule has 0 aliphatic carbocycles. The standard InChI is InChI=1S/C18H18FN5O2S/c19-12-5-4-6-13(9-12)21-14(25)10-24-11-20-16-15(17(24)26)27-18(22-16)23-7-2-1-3-8-23/h4-6,9,11H,1-3,7-8,10H2,(H,21,25). The third kappa shape index (κ3) is 3.82. The van der Waals surface area contributed by atoms with Gasteiger partial charge in [0.15, 0.2) is 10.8 Å². The van der Waals surface area contributed by atoms with E-state index in [1.54, 1.807) is 6.07 Å². The van der Waals surface area contributed by atoms with Crippen LogP contribution in [0.1, 0.15) is 19.3 Å². The zero-order chi connectivity index (χ0) is 18.8. The lowest BCUT2D eigenvalue weighted by Crippen LogP contribution is -2.29. The van der Waals surface area contributed by atoms with Crippen molar-refractivity contribution in [2.24, 2.45) is 0 Å². The van der Waals surface area contributed by atoms with Crippen LogP contribution in [0.3, 0.4) is 0 Å². The minimum absolute atomic E-state index is 0.199. The van der Waals surface area contributed by atoms with E-state index in [9.17, 15) is 14.0 Å². The maximum Gasteiger partial charge on any atom is 0.273 e. The third-order valence-corrected chi connectivity index (χ3v) is 5.51. The van der Waals surface area contributed by atoms with Crippen LogP contribution in [0, 0.1) is 5.82 Å². The molecule has 27 heavy (non-hydrogen) atoms. The molecule has 0 radical (unpaired) electrons. The fourth-order valence-corrected chi connectivity index (χ4v) is 4.11. The lowest BCUT2D eigenvalue weighted by molar-refractivity contribution is -0.116. The summed E-state index contributed by atoms with van der Waals surface area (Å²) in [5.74, 6) is -0.868. The van der Waals surface area contributed by atoms with E-state index in [1.807, 2.05) is 0 Å². The summed E-state index contributed by atoms with van der Waals surface area (Å²) >= 11 is 1.32. The van der Waals surface area contributed by atoms with E-state index in [1.165, 1.54) is 46.9 Å².